The quantitative estimate of drug-likeness (QED) is 0.788. The van der Waals surface area contributed by atoms with Crippen LogP contribution in [0.3, 0.4) is 0 Å². The minimum absolute atomic E-state index is 0. The maximum absolute atomic E-state index is 10.5. The number of aliphatic hydroxyl groups is 1. The monoisotopic (exact) mass is 298 g/mol. The average Bonchev–Trinajstić information content (AvgIpc) is 2.44. The standard InChI is InChI=1S/C15H22N2O2.ClH/c16-12(9-18)8-11-7-10-3-1-5-17-6-2-4-13(14(10)17)15(11)19;/h7,12,18-19H,1-6,8-9,16H2;1H. The van der Waals surface area contributed by atoms with Crippen LogP contribution in [0, 0.1) is 0 Å². The van der Waals surface area contributed by atoms with Gasteiger partial charge in [-0.05, 0) is 49.3 Å². The van der Waals surface area contributed by atoms with Gasteiger partial charge in [0, 0.05) is 30.4 Å². The summed E-state index contributed by atoms with van der Waals surface area (Å²) in [4.78, 5) is 2.41. The molecule has 0 bridgehead atoms. The zero-order valence-corrected chi connectivity index (χ0v) is 12.5. The molecule has 1 aromatic carbocycles. The summed E-state index contributed by atoms with van der Waals surface area (Å²) < 4.78 is 0. The van der Waals surface area contributed by atoms with Gasteiger partial charge < -0.3 is 20.8 Å². The molecular weight excluding hydrogens is 276 g/mol. The van der Waals surface area contributed by atoms with Crippen molar-refractivity contribution in [3.8, 4) is 5.75 Å². The third-order valence-electron chi connectivity index (χ3n) is 4.29. The lowest BCUT2D eigenvalue weighted by Crippen LogP contribution is -2.35. The van der Waals surface area contributed by atoms with Gasteiger partial charge in [-0.2, -0.15) is 0 Å². The molecule has 0 amide bonds. The number of aryl methyl sites for hydroxylation is 1. The molecule has 4 N–H and O–H groups in total. The van der Waals surface area contributed by atoms with Gasteiger partial charge in [0.1, 0.15) is 5.75 Å². The number of hydrogen-bond acceptors (Lipinski definition) is 4. The largest absolute Gasteiger partial charge is 0.507 e. The van der Waals surface area contributed by atoms with Crippen LogP contribution in [0.15, 0.2) is 6.07 Å². The number of halogens is 1. The highest BCUT2D eigenvalue weighted by molar-refractivity contribution is 5.85. The zero-order valence-electron chi connectivity index (χ0n) is 11.6. The molecule has 4 nitrogen and oxygen atoms in total. The van der Waals surface area contributed by atoms with Crippen molar-refractivity contribution in [2.45, 2.75) is 38.1 Å². The van der Waals surface area contributed by atoms with Gasteiger partial charge >= 0.3 is 0 Å². The Bertz CT molecular complexity index is 491. The molecule has 0 aliphatic carbocycles. The van der Waals surface area contributed by atoms with Crippen LogP contribution in [0.25, 0.3) is 0 Å². The minimum atomic E-state index is -0.292. The van der Waals surface area contributed by atoms with Crippen molar-refractivity contribution in [3.63, 3.8) is 0 Å². The molecule has 2 aliphatic rings. The number of aromatic hydroxyl groups is 1. The van der Waals surface area contributed by atoms with Gasteiger partial charge in [-0.15, -0.1) is 12.4 Å². The summed E-state index contributed by atoms with van der Waals surface area (Å²) in [5.41, 5.74) is 10.4. The third-order valence-corrected chi connectivity index (χ3v) is 4.29. The highest BCUT2D eigenvalue weighted by Crippen LogP contribution is 2.42. The first-order chi connectivity index (χ1) is 9.20. The Labute approximate surface area is 126 Å². The van der Waals surface area contributed by atoms with Crippen LogP contribution in [0.2, 0.25) is 0 Å². The van der Waals surface area contributed by atoms with Gasteiger partial charge in [0.15, 0.2) is 0 Å². The van der Waals surface area contributed by atoms with E-state index in [2.05, 4.69) is 11.0 Å². The van der Waals surface area contributed by atoms with Crippen molar-refractivity contribution in [2.75, 3.05) is 24.6 Å². The summed E-state index contributed by atoms with van der Waals surface area (Å²) >= 11 is 0. The molecule has 0 fully saturated rings. The summed E-state index contributed by atoms with van der Waals surface area (Å²) in [5.74, 6) is 0.411. The molecule has 1 atom stereocenters. The molecule has 0 saturated heterocycles. The SMILES string of the molecule is Cl.NC(CO)Cc1cc2c3c(c1O)CCCN3CCC2. The van der Waals surface area contributed by atoms with Crippen LogP contribution in [-0.2, 0) is 19.3 Å². The van der Waals surface area contributed by atoms with E-state index in [4.69, 9.17) is 10.8 Å². The van der Waals surface area contributed by atoms with Crippen LogP contribution in [0.1, 0.15) is 29.5 Å². The van der Waals surface area contributed by atoms with Crippen LogP contribution in [0.4, 0.5) is 5.69 Å². The average molecular weight is 299 g/mol. The first kappa shape index (κ1) is 15.4. The smallest absolute Gasteiger partial charge is 0.124 e. The number of anilines is 1. The molecule has 0 saturated carbocycles. The van der Waals surface area contributed by atoms with E-state index in [0.717, 1.165) is 43.5 Å². The Morgan fingerprint density at radius 1 is 1.25 bits per heavy atom. The second-order valence-corrected chi connectivity index (χ2v) is 5.71. The highest BCUT2D eigenvalue weighted by Gasteiger charge is 2.27. The van der Waals surface area contributed by atoms with Crippen molar-refractivity contribution in [3.05, 3.63) is 22.8 Å². The van der Waals surface area contributed by atoms with E-state index in [1.54, 1.807) is 0 Å². The van der Waals surface area contributed by atoms with Crippen molar-refractivity contribution in [2.24, 2.45) is 5.73 Å². The van der Waals surface area contributed by atoms with E-state index in [0.29, 0.717) is 12.2 Å². The second kappa shape index (κ2) is 6.20. The number of aliphatic hydroxyl groups excluding tert-OH is 1. The number of phenolic OH excluding ortho intramolecular Hbond substituents is 1. The molecule has 1 aromatic rings. The van der Waals surface area contributed by atoms with Crippen molar-refractivity contribution in [1.29, 1.82) is 0 Å². The zero-order chi connectivity index (χ0) is 13.4. The highest BCUT2D eigenvalue weighted by atomic mass is 35.5. The lowest BCUT2D eigenvalue weighted by molar-refractivity contribution is 0.264. The summed E-state index contributed by atoms with van der Waals surface area (Å²) in [6.45, 7) is 2.17. The molecule has 1 unspecified atom stereocenters. The van der Waals surface area contributed by atoms with Crippen LogP contribution in [-0.4, -0.2) is 36.0 Å². The van der Waals surface area contributed by atoms with E-state index in [1.165, 1.54) is 17.7 Å². The molecule has 3 rings (SSSR count). The molecule has 0 spiro atoms. The molecule has 2 heterocycles. The topological polar surface area (TPSA) is 69.7 Å². The third kappa shape index (κ3) is 2.60. The Hall–Kier alpha value is -0.970. The Kier molecular flexibility index (Phi) is 4.78. The minimum Gasteiger partial charge on any atom is -0.507 e. The number of phenols is 1. The fourth-order valence-electron chi connectivity index (χ4n) is 3.41. The molecule has 5 heteroatoms. The fraction of sp³-hybridized carbons (Fsp3) is 0.600. The van der Waals surface area contributed by atoms with E-state index in [-0.39, 0.29) is 25.1 Å². The number of nitrogens with two attached hydrogens (primary N) is 1. The van der Waals surface area contributed by atoms with Gasteiger partial charge in [0.2, 0.25) is 0 Å². The lowest BCUT2D eigenvalue weighted by Gasteiger charge is -2.37. The molecule has 0 aromatic heterocycles. The van der Waals surface area contributed by atoms with Gasteiger partial charge in [-0.1, -0.05) is 0 Å². The molecule has 20 heavy (non-hydrogen) atoms. The van der Waals surface area contributed by atoms with E-state index >= 15 is 0 Å². The number of hydrogen-bond donors (Lipinski definition) is 3. The van der Waals surface area contributed by atoms with Crippen LogP contribution in [0.5, 0.6) is 5.75 Å². The maximum Gasteiger partial charge on any atom is 0.124 e. The summed E-state index contributed by atoms with van der Waals surface area (Å²) in [6, 6.07) is 1.81. The number of benzene rings is 1. The summed E-state index contributed by atoms with van der Waals surface area (Å²) in [6.07, 6.45) is 4.87. The van der Waals surface area contributed by atoms with E-state index < -0.39 is 0 Å². The molecule has 2 aliphatic heterocycles. The lowest BCUT2D eigenvalue weighted by atomic mass is 9.87. The van der Waals surface area contributed by atoms with Crippen molar-refractivity contribution >= 4 is 18.1 Å². The predicted octanol–water partition coefficient (Wildman–Crippen LogP) is 1.37. The van der Waals surface area contributed by atoms with Crippen LogP contribution >= 0.6 is 12.4 Å². The number of rotatable bonds is 3. The molecule has 112 valence electrons. The fourth-order valence-corrected chi connectivity index (χ4v) is 3.41. The first-order valence-corrected chi connectivity index (χ1v) is 7.18. The molecular formula is C15H23ClN2O2. The number of nitrogens with zero attached hydrogens (tertiary/aromatic N) is 1. The Morgan fingerprint density at radius 3 is 2.65 bits per heavy atom. The second-order valence-electron chi connectivity index (χ2n) is 5.71. The normalized spacial score (nSPS) is 18.2. The van der Waals surface area contributed by atoms with Gasteiger partial charge in [-0.25, -0.2) is 0 Å². The van der Waals surface area contributed by atoms with E-state index in [9.17, 15) is 5.11 Å². The van der Waals surface area contributed by atoms with Gasteiger partial charge in [0.25, 0.3) is 0 Å². The molecule has 0 radical (unpaired) electrons. The predicted molar refractivity (Wildman–Crippen MR) is 83.0 cm³/mol. The van der Waals surface area contributed by atoms with E-state index in [1.807, 2.05) is 0 Å². The van der Waals surface area contributed by atoms with Crippen molar-refractivity contribution < 1.29 is 10.2 Å². The first-order valence-electron chi connectivity index (χ1n) is 7.18. The Morgan fingerprint density at radius 2 is 1.95 bits per heavy atom. The Balaban J connectivity index is 0.00000147. The summed E-state index contributed by atoms with van der Waals surface area (Å²) in [5, 5.41) is 19.6. The van der Waals surface area contributed by atoms with Crippen molar-refractivity contribution in [1.82, 2.24) is 0 Å². The van der Waals surface area contributed by atoms with Gasteiger partial charge in [0.05, 0.1) is 6.61 Å². The van der Waals surface area contributed by atoms with Gasteiger partial charge in [-0.3, -0.25) is 0 Å². The summed E-state index contributed by atoms with van der Waals surface area (Å²) in [7, 11) is 0. The van der Waals surface area contributed by atoms with Crippen LogP contribution < -0.4 is 10.6 Å². The maximum atomic E-state index is 10.5.